The highest BCUT2D eigenvalue weighted by Crippen LogP contribution is 2.31. The Morgan fingerprint density at radius 1 is 1.15 bits per heavy atom. The molecule has 0 spiro atoms. The Bertz CT molecular complexity index is 1210. The highest BCUT2D eigenvalue weighted by molar-refractivity contribution is 5.91. The van der Waals surface area contributed by atoms with Crippen molar-refractivity contribution in [1.82, 2.24) is 29.5 Å². The van der Waals surface area contributed by atoms with Crippen molar-refractivity contribution in [3.63, 3.8) is 0 Å². The Balaban J connectivity index is 0.00000126. The van der Waals surface area contributed by atoms with Crippen LogP contribution in [0.3, 0.4) is 0 Å². The Morgan fingerprint density at radius 2 is 1.94 bits per heavy atom. The summed E-state index contributed by atoms with van der Waals surface area (Å²) in [6.45, 7) is 8.62. The van der Waals surface area contributed by atoms with Crippen LogP contribution in [0.2, 0.25) is 0 Å². The quantitative estimate of drug-likeness (QED) is 0.445. The predicted molar refractivity (Wildman–Crippen MR) is 129 cm³/mol. The maximum Gasteiger partial charge on any atom is 0.228 e. The molecule has 0 aliphatic carbocycles. The molecule has 2 N–H and O–H groups in total. The van der Waals surface area contributed by atoms with E-state index in [0.717, 1.165) is 45.3 Å². The fourth-order valence-electron chi connectivity index (χ4n) is 4.28. The van der Waals surface area contributed by atoms with Crippen LogP contribution in [0.15, 0.2) is 24.8 Å². The summed E-state index contributed by atoms with van der Waals surface area (Å²) in [5, 5.41) is 9.41. The van der Waals surface area contributed by atoms with Crippen LogP contribution in [0.4, 0.5) is 10.3 Å². The van der Waals surface area contributed by atoms with Gasteiger partial charge in [0.25, 0.3) is 0 Å². The summed E-state index contributed by atoms with van der Waals surface area (Å²) in [7, 11) is 0. The lowest BCUT2D eigenvalue weighted by Gasteiger charge is -2.31. The maximum absolute atomic E-state index is 15.2. The maximum atomic E-state index is 15.2. The molecule has 0 radical (unpaired) electrons. The molecule has 4 heterocycles. The van der Waals surface area contributed by atoms with E-state index in [2.05, 4.69) is 31.8 Å². The van der Waals surface area contributed by atoms with E-state index >= 15 is 4.39 Å². The van der Waals surface area contributed by atoms with Gasteiger partial charge >= 0.3 is 0 Å². The average molecular weight is 454 g/mol. The summed E-state index contributed by atoms with van der Waals surface area (Å²) in [5.41, 5.74) is 3.64. The molecule has 1 aromatic carbocycles. The van der Waals surface area contributed by atoms with E-state index < -0.39 is 0 Å². The minimum Gasteiger partial charge on any atom is -0.396 e. The first kappa shape index (κ1) is 23.1. The standard InChI is InChI=1S/C22H26FN7O.C2H6/c1-2-3-6-30-13-26-17-10-15(9-16(23)20(17)30)18-19-21(25-12-24-19)28-22(27-18)29-7-4-14(11-31)5-8-29;1-2/h9-10,12-14,31H,2-8,11H2,1H3,(H,24,25,27,28);1-2H3. The van der Waals surface area contributed by atoms with Gasteiger partial charge in [0.2, 0.25) is 5.95 Å². The van der Waals surface area contributed by atoms with Gasteiger partial charge in [-0.15, -0.1) is 0 Å². The number of hydrogen-bond acceptors (Lipinski definition) is 6. The van der Waals surface area contributed by atoms with Crippen molar-refractivity contribution in [3.8, 4) is 11.3 Å². The molecule has 4 aromatic rings. The van der Waals surface area contributed by atoms with Crippen LogP contribution >= 0.6 is 0 Å². The lowest BCUT2D eigenvalue weighted by Crippen LogP contribution is -2.35. The fraction of sp³-hybridized carbons (Fsp3) is 0.500. The molecular weight excluding hydrogens is 421 g/mol. The van der Waals surface area contributed by atoms with E-state index in [1.54, 1.807) is 12.7 Å². The van der Waals surface area contributed by atoms with E-state index in [1.165, 1.54) is 6.07 Å². The molecule has 0 saturated carbocycles. The molecule has 3 aromatic heterocycles. The lowest BCUT2D eigenvalue weighted by molar-refractivity contribution is 0.202. The molecule has 8 nitrogen and oxygen atoms in total. The van der Waals surface area contributed by atoms with Crippen LogP contribution in [0.5, 0.6) is 0 Å². The third-order valence-corrected chi connectivity index (χ3v) is 6.12. The average Bonchev–Trinajstić information content (AvgIpc) is 3.50. The summed E-state index contributed by atoms with van der Waals surface area (Å²) in [5.74, 6) is 0.599. The molecule has 0 bridgehead atoms. The number of imidazole rings is 2. The highest BCUT2D eigenvalue weighted by atomic mass is 19.1. The first-order valence-electron chi connectivity index (χ1n) is 11.9. The SMILES string of the molecule is CC.CCCCn1cnc2cc(-c3nc(N4CCC(CO)CC4)nc4nc[nH]c34)cc(F)c21. The third-order valence-electron chi connectivity index (χ3n) is 6.12. The normalized spacial score (nSPS) is 14.6. The number of aliphatic hydroxyl groups excluding tert-OH is 1. The van der Waals surface area contributed by atoms with Gasteiger partial charge in [-0.25, -0.2) is 19.3 Å². The van der Waals surface area contributed by atoms with Crippen molar-refractivity contribution in [1.29, 1.82) is 0 Å². The summed E-state index contributed by atoms with van der Waals surface area (Å²) in [6, 6.07) is 3.40. The van der Waals surface area contributed by atoms with E-state index in [4.69, 9.17) is 4.98 Å². The molecule has 1 aliphatic rings. The Kier molecular flexibility index (Phi) is 7.17. The van der Waals surface area contributed by atoms with Gasteiger partial charge in [-0.05, 0) is 37.3 Å². The van der Waals surface area contributed by atoms with Crippen LogP contribution < -0.4 is 4.90 Å². The minimum absolute atomic E-state index is 0.211. The first-order valence-corrected chi connectivity index (χ1v) is 11.9. The Morgan fingerprint density at radius 3 is 2.67 bits per heavy atom. The zero-order valence-corrected chi connectivity index (χ0v) is 19.6. The molecule has 0 unspecified atom stereocenters. The molecule has 1 saturated heterocycles. The van der Waals surface area contributed by atoms with Crippen LogP contribution in [-0.2, 0) is 6.54 Å². The number of unbranched alkanes of at least 4 members (excludes halogenated alkanes) is 1. The monoisotopic (exact) mass is 453 g/mol. The fourth-order valence-corrected chi connectivity index (χ4v) is 4.28. The minimum atomic E-state index is -0.308. The van der Waals surface area contributed by atoms with Crippen molar-refractivity contribution in [3.05, 3.63) is 30.6 Å². The van der Waals surface area contributed by atoms with Crippen molar-refractivity contribution in [2.45, 2.75) is 53.0 Å². The van der Waals surface area contributed by atoms with E-state index in [0.29, 0.717) is 45.3 Å². The number of fused-ring (bicyclic) bond motifs is 2. The van der Waals surface area contributed by atoms with Crippen molar-refractivity contribution >= 4 is 28.1 Å². The number of aryl methyl sites for hydroxylation is 1. The molecule has 176 valence electrons. The van der Waals surface area contributed by atoms with Crippen molar-refractivity contribution < 1.29 is 9.50 Å². The third kappa shape index (κ3) is 4.55. The first-order chi connectivity index (χ1) is 16.2. The number of aromatic amines is 1. The molecule has 33 heavy (non-hydrogen) atoms. The van der Waals surface area contributed by atoms with Crippen LogP contribution in [0.1, 0.15) is 46.5 Å². The summed E-state index contributed by atoms with van der Waals surface area (Å²) >= 11 is 0. The Labute approximate surface area is 192 Å². The van der Waals surface area contributed by atoms with Gasteiger partial charge in [-0.1, -0.05) is 27.2 Å². The number of benzene rings is 1. The number of aromatic nitrogens is 6. The van der Waals surface area contributed by atoms with E-state index in [9.17, 15) is 5.11 Å². The van der Waals surface area contributed by atoms with Gasteiger partial charge in [0.15, 0.2) is 5.65 Å². The van der Waals surface area contributed by atoms with Gasteiger partial charge in [0.1, 0.15) is 22.5 Å². The molecule has 9 heteroatoms. The number of anilines is 1. The van der Waals surface area contributed by atoms with Gasteiger partial charge in [0, 0.05) is 31.8 Å². The van der Waals surface area contributed by atoms with E-state index in [1.807, 2.05) is 24.5 Å². The van der Waals surface area contributed by atoms with Crippen molar-refractivity contribution in [2.24, 2.45) is 5.92 Å². The summed E-state index contributed by atoms with van der Waals surface area (Å²) in [4.78, 5) is 23.4. The molecule has 0 atom stereocenters. The molecule has 1 fully saturated rings. The number of halogens is 1. The molecular formula is C24H32FN7O. The topological polar surface area (TPSA) is 95.8 Å². The lowest BCUT2D eigenvalue weighted by atomic mass is 9.98. The van der Waals surface area contributed by atoms with E-state index in [-0.39, 0.29) is 12.4 Å². The zero-order valence-electron chi connectivity index (χ0n) is 19.6. The number of aliphatic hydroxyl groups is 1. The number of rotatable bonds is 6. The van der Waals surface area contributed by atoms with Gasteiger partial charge < -0.3 is 19.6 Å². The van der Waals surface area contributed by atoms with Crippen LogP contribution in [-0.4, -0.2) is 54.3 Å². The second kappa shape index (κ2) is 10.2. The largest absolute Gasteiger partial charge is 0.396 e. The van der Waals surface area contributed by atoms with Gasteiger partial charge in [-0.3, -0.25) is 0 Å². The molecule has 0 amide bonds. The number of piperidine rings is 1. The number of H-pyrrole nitrogens is 1. The smallest absolute Gasteiger partial charge is 0.228 e. The second-order valence-electron chi connectivity index (χ2n) is 8.20. The van der Waals surface area contributed by atoms with Crippen LogP contribution in [0, 0.1) is 11.7 Å². The van der Waals surface area contributed by atoms with Crippen LogP contribution in [0.25, 0.3) is 33.5 Å². The Hall–Kier alpha value is -3.07. The predicted octanol–water partition coefficient (Wildman–Crippen LogP) is 4.54. The van der Waals surface area contributed by atoms with Crippen molar-refractivity contribution in [2.75, 3.05) is 24.6 Å². The van der Waals surface area contributed by atoms with Gasteiger partial charge in [0.05, 0.1) is 18.2 Å². The number of nitrogens with one attached hydrogen (secondary N) is 1. The summed E-state index contributed by atoms with van der Waals surface area (Å²) < 4.78 is 17.0. The van der Waals surface area contributed by atoms with Gasteiger partial charge in [-0.2, -0.15) is 4.98 Å². The number of nitrogens with zero attached hydrogens (tertiary/aromatic N) is 6. The highest BCUT2D eigenvalue weighted by Gasteiger charge is 2.23. The molecule has 5 rings (SSSR count). The second-order valence-corrected chi connectivity index (χ2v) is 8.20. The summed E-state index contributed by atoms with van der Waals surface area (Å²) in [6.07, 6.45) is 7.09. The zero-order chi connectivity index (χ0) is 23.4. The molecule has 1 aliphatic heterocycles. The number of hydrogen-bond donors (Lipinski definition) is 2.